The lowest BCUT2D eigenvalue weighted by atomic mass is 9.97. The predicted molar refractivity (Wildman–Crippen MR) is 194 cm³/mol. The Kier molecular flexibility index (Phi) is 24.3. The lowest BCUT2D eigenvalue weighted by Crippen LogP contribution is -2.65. The molecule has 2 aliphatic rings. The van der Waals surface area contributed by atoms with E-state index in [4.69, 9.17) is 18.9 Å². The topological polar surface area (TPSA) is 228 Å². The Morgan fingerprint density at radius 2 is 1.31 bits per heavy atom. The average molecular weight is 748 g/mol. The average Bonchev–Trinajstić information content (AvgIpc) is 3.14. The molecule has 0 aromatic rings. The lowest BCUT2D eigenvalue weighted by Gasteiger charge is -2.46. The minimum Gasteiger partial charge on any atom is -0.394 e. The van der Waals surface area contributed by atoms with Crippen molar-refractivity contribution in [2.75, 3.05) is 19.8 Å². The highest BCUT2D eigenvalue weighted by Gasteiger charge is 2.50. The summed E-state index contributed by atoms with van der Waals surface area (Å²) in [6.45, 7) is 2.62. The first-order valence-corrected chi connectivity index (χ1v) is 19.6. The molecular formula is C38H69NO13. The van der Waals surface area contributed by atoms with Crippen LogP contribution in [0.25, 0.3) is 0 Å². The number of rotatable bonds is 27. The fraction of sp³-hybridized carbons (Fsp3) is 0.868. The third-order valence-electron chi connectivity index (χ3n) is 9.65. The maximum Gasteiger partial charge on any atom is 0.220 e. The third-order valence-corrected chi connectivity index (χ3v) is 9.65. The summed E-state index contributed by atoms with van der Waals surface area (Å²) in [4.78, 5) is 12.9. The summed E-state index contributed by atoms with van der Waals surface area (Å²) >= 11 is 0. The van der Waals surface area contributed by atoms with Gasteiger partial charge in [-0.2, -0.15) is 0 Å². The van der Waals surface area contributed by atoms with Gasteiger partial charge in [-0.15, -0.1) is 0 Å². The van der Waals surface area contributed by atoms with Crippen molar-refractivity contribution in [1.29, 1.82) is 0 Å². The van der Waals surface area contributed by atoms with E-state index in [0.29, 0.717) is 12.8 Å². The molecule has 0 spiro atoms. The Morgan fingerprint density at radius 3 is 2.00 bits per heavy atom. The first-order chi connectivity index (χ1) is 25.1. The smallest absolute Gasteiger partial charge is 0.220 e. The second kappa shape index (κ2) is 27.1. The Labute approximate surface area is 309 Å². The number of carbonyl (C=O) groups excluding carboxylic acids is 1. The van der Waals surface area contributed by atoms with Gasteiger partial charge in [0.25, 0.3) is 0 Å². The van der Waals surface area contributed by atoms with Crippen LogP contribution in [0.1, 0.15) is 117 Å². The minimum atomic E-state index is -1.78. The third kappa shape index (κ3) is 16.5. The molecule has 1 amide bonds. The summed E-state index contributed by atoms with van der Waals surface area (Å²) in [5, 5.41) is 85.8. The number of allylic oxidation sites excluding steroid dienone is 4. The molecular weight excluding hydrogens is 678 g/mol. The molecule has 2 rings (SSSR count). The predicted octanol–water partition coefficient (Wildman–Crippen LogP) is 1.87. The molecule has 304 valence electrons. The van der Waals surface area contributed by atoms with Crippen LogP contribution in [0.15, 0.2) is 24.3 Å². The summed E-state index contributed by atoms with van der Waals surface area (Å²) in [6.07, 6.45) is 6.86. The summed E-state index contributed by atoms with van der Waals surface area (Å²) < 4.78 is 22.5. The van der Waals surface area contributed by atoms with E-state index < -0.39 is 86.8 Å². The first kappa shape index (κ1) is 46.6. The van der Waals surface area contributed by atoms with Gasteiger partial charge in [0, 0.05) is 6.42 Å². The molecule has 0 radical (unpaired) electrons. The van der Waals surface area contributed by atoms with Crippen molar-refractivity contribution in [3.8, 4) is 0 Å². The van der Waals surface area contributed by atoms with Gasteiger partial charge in [0.05, 0.1) is 32.0 Å². The monoisotopic (exact) mass is 747 g/mol. The summed E-state index contributed by atoms with van der Waals surface area (Å²) in [6, 6.07) is -0.828. The van der Waals surface area contributed by atoms with E-state index in [1.165, 1.54) is 0 Å². The summed E-state index contributed by atoms with van der Waals surface area (Å²) in [7, 11) is 0. The van der Waals surface area contributed by atoms with Crippen molar-refractivity contribution in [3.05, 3.63) is 24.3 Å². The van der Waals surface area contributed by atoms with Crippen LogP contribution in [0.3, 0.4) is 0 Å². The van der Waals surface area contributed by atoms with Gasteiger partial charge in [0.1, 0.15) is 48.8 Å². The number of aliphatic hydroxyl groups is 8. The minimum absolute atomic E-state index is 0.232. The van der Waals surface area contributed by atoms with Crippen LogP contribution in [0.4, 0.5) is 0 Å². The number of carbonyl (C=O) groups is 1. The molecule has 52 heavy (non-hydrogen) atoms. The second-order valence-corrected chi connectivity index (χ2v) is 14.1. The van der Waals surface area contributed by atoms with Crippen LogP contribution >= 0.6 is 0 Å². The van der Waals surface area contributed by atoms with E-state index in [1.54, 1.807) is 0 Å². The van der Waals surface area contributed by atoms with Gasteiger partial charge in [-0.1, -0.05) is 95.9 Å². The molecule has 2 heterocycles. The largest absolute Gasteiger partial charge is 0.394 e. The number of amides is 1. The van der Waals surface area contributed by atoms with Gasteiger partial charge in [0.15, 0.2) is 12.6 Å². The molecule has 2 saturated heterocycles. The number of hydrogen-bond donors (Lipinski definition) is 9. The quantitative estimate of drug-likeness (QED) is 0.0433. The summed E-state index contributed by atoms with van der Waals surface area (Å²) in [5.41, 5.74) is 0. The fourth-order valence-corrected chi connectivity index (χ4v) is 6.33. The van der Waals surface area contributed by atoms with Crippen LogP contribution in [-0.4, -0.2) is 140 Å². The SMILES string of the molecule is CCC/C=C\C/C=C\CCCCCCCC(=O)NC(COC1OC(CO)C(OC2OC(CO)C(O)C(O)C2O)C(O)C1O)C(O)CCCCCCC. The maximum atomic E-state index is 12.9. The normalized spacial score (nSPS) is 31.0. The van der Waals surface area contributed by atoms with Crippen LogP contribution < -0.4 is 5.32 Å². The number of nitrogens with one attached hydrogen (secondary N) is 1. The van der Waals surface area contributed by atoms with E-state index >= 15 is 0 Å². The Hall–Kier alpha value is -1.53. The van der Waals surface area contributed by atoms with Crippen LogP contribution in [0.5, 0.6) is 0 Å². The van der Waals surface area contributed by atoms with Crippen molar-refractivity contribution in [3.63, 3.8) is 0 Å². The molecule has 14 heteroatoms. The van der Waals surface area contributed by atoms with Gasteiger partial charge in [0.2, 0.25) is 5.91 Å². The van der Waals surface area contributed by atoms with Crippen molar-refractivity contribution in [2.45, 2.75) is 190 Å². The molecule has 0 aromatic carbocycles. The Morgan fingerprint density at radius 1 is 0.692 bits per heavy atom. The van der Waals surface area contributed by atoms with Crippen LogP contribution in [0.2, 0.25) is 0 Å². The van der Waals surface area contributed by atoms with Gasteiger partial charge in [-0.25, -0.2) is 0 Å². The highest BCUT2D eigenvalue weighted by atomic mass is 16.7. The molecule has 2 aliphatic heterocycles. The highest BCUT2D eigenvalue weighted by molar-refractivity contribution is 5.76. The van der Waals surface area contributed by atoms with E-state index in [-0.39, 0.29) is 18.9 Å². The zero-order valence-electron chi connectivity index (χ0n) is 31.3. The summed E-state index contributed by atoms with van der Waals surface area (Å²) in [5.74, 6) is -0.232. The zero-order valence-corrected chi connectivity index (χ0v) is 31.3. The molecule has 12 atom stereocenters. The fourth-order valence-electron chi connectivity index (χ4n) is 6.33. The molecule has 12 unspecified atom stereocenters. The van der Waals surface area contributed by atoms with Crippen molar-refractivity contribution < 1.29 is 64.6 Å². The second-order valence-electron chi connectivity index (χ2n) is 14.1. The first-order valence-electron chi connectivity index (χ1n) is 19.6. The van der Waals surface area contributed by atoms with E-state index in [9.17, 15) is 45.6 Å². The molecule has 14 nitrogen and oxygen atoms in total. The number of aliphatic hydroxyl groups excluding tert-OH is 8. The Bertz CT molecular complexity index is 983. The van der Waals surface area contributed by atoms with Crippen molar-refractivity contribution >= 4 is 5.91 Å². The molecule has 0 saturated carbocycles. The van der Waals surface area contributed by atoms with Gasteiger partial charge < -0.3 is 65.1 Å². The Balaban J connectivity index is 1.90. The van der Waals surface area contributed by atoms with Gasteiger partial charge in [-0.05, 0) is 38.5 Å². The van der Waals surface area contributed by atoms with Crippen molar-refractivity contribution in [2.24, 2.45) is 0 Å². The van der Waals surface area contributed by atoms with E-state index in [1.807, 2.05) is 0 Å². The molecule has 0 bridgehead atoms. The highest BCUT2D eigenvalue weighted by Crippen LogP contribution is 2.30. The number of ether oxygens (including phenoxy) is 4. The molecule has 0 aliphatic carbocycles. The van der Waals surface area contributed by atoms with E-state index in [0.717, 1.165) is 83.5 Å². The lowest BCUT2D eigenvalue weighted by molar-refractivity contribution is -0.359. The van der Waals surface area contributed by atoms with Crippen LogP contribution in [-0.2, 0) is 23.7 Å². The standard InChI is InChI=1S/C38H69NO13/c1-3-5-7-9-10-11-12-13-14-15-16-18-20-22-30(43)39-26(27(42)21-19-17-8-6-4-2)25-49-37-35(48)33(46)36(29(24-41)51-37)52-38-34(47)32(45)31(44)28(23-40)50-38/h7,9,11-12,26-29,31-38,40-42,44-48H,3-6,8,10,13-25H2,1-2H3,(H,39,43)/b9-7-,12-11-. The number of unbranched alkanes of at least 4 members (excludes halogenated alkanes) is 10. The molecule has 9 N–H and O–H groups in total. The maximum absolute atomic E-state index is 12.9. The van der Waals surface area contributed by atoms with Gasteiger partial charge >= 0.3 is 0 Å². The van der Waals surface area contributed by atoms with Crippen LogP contribution in [0, 0.1) is 0 Å². The van der Waals surface area contributed by atoms with Crippen molar-refractivity contribution in [1.82, 2.24) is 5.32 Å². The van der Waals surface area contributed by atoms with E-state index in [2.05, 4.69) is 43.5 Å². The number of hydrogen-bond acceptors (Lipinski definition) is 13. The zero-order chi connectivity index (χ0) is 38.3. The van der Waals surface area contributed by atoms with Gasteiger partial charge in [-0.3, -0.25) is 4.79 Å². The molecule has 2 fully saturated rings. The molecule has 0 aromatic heterocycles.